The Labute approximate surface area is 102 Å². The summed E-state index contributed by atoms with van der Waals surface area (Å²) < 4.78 is 0. The molecular weight excluding hydrogens is 220 g/mol. The molecule has 2 atom stereocenters. The van der Waals surface area contributed by atoms with Crippen LogP contribution in [-0.2, 0) is 9.59 Å². The lowest BCUT2D eigenvalue weighted by Gasteiger charge is -2.15. The molecule has 1 amide bonds. The van der Waals surface area contributed by atoms with Crippen molar-refractivity contribution in [2.45, 2.75) is 45.1 Å². The molecule has 98 valence electrons. The molecule has 2 unspecified atom stereocenters. The first-order valence-electron chi connectivity index (χ1n) is 6.30. The van der Waals surface area contributed by atoms with Crippen molar-refractivity contribution in [1.29, 1.82) is 0 Å². The Morgan fingerprint density at radius 1 is 1.53 bits per heavy atom. The van der Waals surface area contributed by atoms with Crippen molar-refractivity contribution in [3.8, 4) is 0 Å². The van der Waals surface area contributed by atoms with E-state index in [2.05, 4.69) is 10.6 Å². The van der Waals surface area contributed by atoms with Crippen molar-refractivity contribution in [3.05, 3.63) is 0 Å². The Hall–Kier alpha value is -1.10. The molecule has 0 saturated carbocycles. The fraction of sp³-hybridized carbons (Fsp3) is 0.833. The third kappa shape index (κ3) is 6.26. The van der Waals surface area contributed by atoms with E-state index in [1.807, 2.05) is 6.92 Å². The van der Waals surface area contributed by atoms with E-state index in [1.165, 1.54) is 0 Å². The number of rotatable bonds is 7. The first kappa shape index (κ1) is 14.0. The third-order valence-electron chi connectivity index (χ3n) is 3.07. The Balaban J connectivity index is 2.09. The molecular formula is C12H22N2O3. The summed E-state index contributed by atoms with van der Waals surface area (Å²) in [5, 5.41) is 14.7. The van der Waals surface area contributed by atoms with Crippen LogP contribution in [0.5, 0.6) is 0 Å². The van der Waals surface area contributed by atoms with Crippen LogP contribution < -0.4 is 10.6 Å². The average molecular weight is 242 g/mol. The second-order valence-electron chi connectivity index (χ2n) is 4.82. The lowest BCUT2D eigenvalue weighted by molar-refractivity contribution is -0.137. The molecule has 0 spiro atoms. The van der Waals surface area contributed by atoms with E-state index in [9.17, 15) is 9.59 Å². The van der Waals surface area contributed by atoms with Crippen molar-refractivity contribution in [2.24, 2.45) is 5.92 Å². The van der Waals surface area contributed by atoms with Gasteiger partial charge in [-0.3, -0.25) is 9.59 Å². The molecule has 1 heterocycles. The molecule has 1 saturated heterocycles. The van der Waals surface area contributed by atoms with Gasteiger partial charge >= 0.3 is 5.97 Å². The molecule has 0 aromatic heterocycles. The maximum absolute atomic E-state index is 11.7. The lowest BCUT2D eigenvalue weighted by Crippen LogP contribution is -2.34. The molecule has 5 nitrogen and oxygen atoms in total. The summed E-state index contributed by atoms with van der Waals surface area (Å²) in [4.78, 5) is 22.0. The number of carbonyl (C=O) groups is 2. The second-order valence-corrected chi connectivity index (χ2v) is 4.82. The minimum Gasteiger partial charge on any atom is -0.481 e. The van der Waals surface area contributed by atoms with Crippen molar-refractivity contribution < 1.29 is 14.7 Å². The molecule has 1 aliphatic heterocycles. The first-order valence-corrected chi connectivity index (χ1v) is 6.30. The Kier molecular flexibility index (Phi) is 5.97. The maximum Gasteiger partial charge on any atom is 0.303 e. The van der Waals surface area contributed by atoms with Crippen molar-refractivity contribution in [2.75, 3.05) is 13.1 Å². The number of hydrogen-bond acceptors (Lipinski definition) is 3. The topological polar surface area (TPSA) is 78.4 Å². The molecule has 1 aliphatic rings. The van der Waals surface area contributed by atoms with Crippen molar-refractivity contribution in [3.63, 3.8) is 0 Å². The van der Waals surface area contributed by atoms with E-state index < -0.39 is 5.97 Å². The highest BCUT2D eigenvalue weighted by Gasteiger charge is 2.18. The minimum absolute atomic E-state index is 0.0659. The molecule has 0 aliphatic carbocycles. The van der Waals surface area contributed by atoms with Gasteiger partial charge in [-0.05, 0) is 45.2 Å². The van der Waals surface area contributed by atoms with E-state index >= 15 is 0 Å². The van der Waals surface area contributed by atoms with E-state index in [4.69, 9.17) is 5.11 Å². The van der Waals surface area contributed by atoms with Crippen LogP contribution in [0.2, 0.25) is 0 Å². The molecule has 0 bridgehead atoms. The quantitative estimate of drug-likeness (QED) is 0.615. The van der Waals surface area contributed by atoms with Gasteiger partial charge in [0.15, 0.2) is 0 Å². The summed E-state index contributed by atoms with van der Waals surface area (Å²) in [6.07, 6.45) is 3.16. The highest BCUT2D eigenvalue weighted by molar-refractivity contribution is 5.76. The number of nitrogens with one attached hydrogen (secondary N) is 2. The Morgan fingerprint density at radius 2 is 2.29 bits per heavy atom. The van der Waals surface area contributed by atoms with Crippen LogP contribution >= 0.6 is 0 Å². The summed E-state index contributed by atoms with van der Waals surface area (Å²) in [5.74, 6) is -0.233. The van der Waals surface area contributed by atoms with Gasteiger partial charge in [0, 0.05) is 18.9 Å². The Morgan fingerprint density at radius 3 is 2.88 bits per heavy atom. The fourth-order valence-electron chi connectivity index (χ4n) is 2.12. The lowest BCUT2D eigenvalue weighted by atomic mass is 10.0. The molecule has 1 rings (SSSR count). The molecule has 3 N–H and O–H groups in total. The van der Waals surface area contributed by atoms with Crippen LogP contribution in [0, 0.1) is 5.92 Å². The molecule has 0 radical (unpaired) electrons. The predicted molar refractivity (Wildman–Crippen MR) is 64.7 cm³/mol. The van der Waals surface area contributed by atoms with Gasteiger partial charge in [0.2, 0.25) is 5.91 Å². The largest absolute Gasteiger partial charge is 0.481 e. The van der Waals surface area contributed by atoms with Gasteiger partial charge < -0.3 is 15.7 Å². The van der Waals surface area contributed by atoms with Gasteiger partial charge in [0.25, 0.3) is 0 Å². The maximum atomic E-state index is 11.7. The Bertz CT molecular complexity index is 262. The van der Waals surface area contributed by atoms with E-state index in [0.29, 0.717) is 18.8 Å². The zero-order valence-corrected chi connectivity index (χ0v) is 10.4. The molecule has 17 heavy (non-hydrogen) atoms. The summed E-state index contributed by atoms with van der Waals surface area (Å²) >= 11 is 0. The van der Waals surface area contributed by atoms with Gasteiger partial charge in [-0.15, -0.1) is 0 Å². The number of carboxylic acids is 1. The van der Waals surface area contributed by atoms with Gasteiger partial charge in [-0.1, -0.05) is 0 Å². The van der Waals surface area contributed by atoms with Crippen molar-refractivity contribution >= 4 is 11.9 Å². The second kappa shape index (κ2) is 7.27. The number of carboxylic acid groups (broad SMARTS) is 1. The highest BCUT2D eigenvalue weighted by Crippen LogP contribution is 2.12. The van der Waals surface area contributed by atoms with E-state index in [1.54, 1.807) is 0 Å². The van der Waals surface area contributed by atoms with Crippen LogP contribution in [-0.4, -0.2) is 36.1 Å². The number of aliphatic carboxylic acids is 1. The van der Waals surface area contributed by atoms with Gasteiger partial charge in [-0.2, -0.15) is 0 Å². The van der Waals surface area contributed by atoms with Crippen LogP contribution in [0.25, 0.3) is 0 Å². The highest BCUT2D eigenvalue weighted by atomic mass is 16.4. The van der Waals surface area contributed by atoms with Crippen LogP contribution in [0.4, 0.5) is 0 Å². The van der Waals surface area contributed by atoms with E-state index in [0.717, 1.165) is 25.9 Å². The first-order chi connectivity index (χ1) is 8.08. The van der Waals surface area contributed by atoms with Gasteiger partial charge in [-0.25, -0.2) is 0 Å². The number of amides is 1. The van der Waals surface area contributed by atoms with Crippen LogP contribution in [0.1, 0.15) is 39.0 Å². The summed E-state index contributed by atoms with van der Waals surface area (Å²) in [7, 11) is 0. The molecule has 0 aromatic carbocycles. The SMILES string of the molecule is CC(CCCC(=O)O)NC(=O)CC1CCNC1. The fourth-order valence-corrected chi connectivity index (χ4v) is 2.12. The summed E-state index contributed by atoms with van der Waals surface area (Å²) in [5.41, 5.74) is 0. The smallest absolute Gasteiger partial charge is 0.303 e. The summed E-state index contributed by atoms with van der Waals surface area (Å²) in [6, 6.07) is 0.0659. The van der Waals surface area contributed by atoms with E-state index in [-0.39, 0.29) is 18.4 Å². The number of carbonyl (C=O) groups excluding carboxylic acids is 1. The third-order valence-corrected chi connectivity index (χ3v) is 3.07. The standard InChI is InChI=1S/C12H22N2O3/c1-9(3-2-4-12(16)17)14-11(15)7-10-5-6-13-8-10/h9-10,13H,2-8H2,1H3,(H,14,15)(H,16,17). The predicted octanol–water partition coefficient (Wildman–Crippen LogP) is 0.746. The minimum atomic E-state index is -0.777. The van der Waals surface area contributed by atoms with Gasteiger partial charge in [0.05, 0.1) is 0 Å². The van der Waals surface area contributed by atoms with Gasteiger partial charge in [0.1, 0.15) is 0 Å². The van der Waals surface area contributed by atoms with Crippen molar-refractivity contribution in [1.82, 2.24) is 10.6 Å². The molecule has 0 aromatic rings. The molecule has 1 fully saturated rings. The number of hydrogen-bond donors (Lipinski definition) is 3. The molecule has 5 heteroatoms. The average Bonchev–Trinajstić information content (AvgIpc) is 2.69. The zero-order valence-electron chi connectivity index (χ0n) is 10.4. The van der Waals surface area contributed by atoms with Crippen LogP contribution in [0.15, 0.2) is 0 Å². The summed E-state index contributed by atoms with van der Waals surface area (Å²) in [6.45, 7) is 3.86. The normalized spacial score (nSPS) is 21.1. The zero-order chi connectivity index (χ0) is 12.7. The monoisotopic (exact) mass is 242 g/mol. The van der Waals surface area contributed by atoms with Crippen LogP contribution in [0.3, 0.4) is 0 Å².